The van der Waals surface area contributed by atoms with Gasteiger partial charge in [-0.3, -0.25) is 29.3 Å². The summed E-state index contributed by atoms with van der Waals surface area (Å²) in [5.41, 5.74) is 6.10. The van der Waals surface area contributed by atoms with Gasteiger partial charge < -0.3 is 20.0 Å². The lowest BCUT2D eigenvalue weighted by Crippen LogP contribution is -2.52. The summed E-state index contributed by atoms with van der Waals surface area (Å²) in [6.45, 7) is 7.70. The zero-order chi connectivity index (χ0) is 41.5. The topological polar surface area (TPSA) is 145 Å². The molecule has 4 aliphatic rings. The maximum absolute atomic E-state index is 14.0. The number of hydrogen-bond acceptors (Lipinski definition) is 8. The summed E-state index contributed by atoms with van der Waals surface area (Å²) in [7, 11) is 0. The lowest BCUT2D eigenvalue weighted by Gasteiger charge is -2.38. The third-order valence-electron chi connectivity index (χ3n) is 12.8. The molecule has 3 aliphatic heterocycles. The van der Waals surface area contributed by atoms with Gasteiger partial charge in [0.05, 0.1) is 11.6 Å². The van der Waals surface area contributed by atoms with Gasteiger partial charge in [-0.15, -0.1) is 0 Å². The first-order valence-corrected chi connectivity index (χ1v) is 22.1. The molecule has 0 spiro atoms. The minimum Gasteiger partial charge on any atom is -0.355 e. The Morgan fingerprint density at radius 3 is 2.32 bits per heavy atom. The van der Waals surface area contributed by atoms with Crippen molar-refractivity contribution in [1.82, 2.24) is 30.4 Å². The number of piperidine rings is 1. The number of carbonyl (C=O) groups excluding carboxylic acids is 5. The molecule has 4 atom stereocenters. The Labute approximate surface area is 352 Å². The van der Waals surface area contributed by atoms with Gasteiger partial charge in [0.25, 0.3) is 5.91 Å². The molecule has 1 aliphatic carbocycles. The first-order chi connectivity index (χ1) is 28.6. The van der Waals surface area contributed by atoms with E-state index in [4.69, 9.17) is 11.6 Å². The third-order valence-corrected chi connectivity index (χ3v) is 13.1. The summed E-state index contributed by atoms with van der Waals surface area (Å²) in [6, 6.07) is 12.6. The van der Waals surface area contributed by atoms with Gasteiger partial charge in [-0.2, -0.15) is 0 Å². The number of nitrogens with zero attached hydrogens (tertiary/aromatic N) is 5. The van der Waals surface area contributed by atoms with Crippen LogP contribution in [0.2, 0.25) is 5.02 Å². The largest absolute Gasteiger partial charge is 0.355 e. The molecule has 1 unspecified atom stereocenters. The van der Waals surface area contributed by atoms with Crippen molar-refractivity contribution < 1.29 is 24.0 Å². The average molecular weight is 824 g/mol. The number of unbranched alkanes of at least 4 members (excludes halogenated alkanes) is 7. The molecule has 2 fully saturated rings. The van der Waals surface area contributed by atoms with Crippen LogP contribution in [0.3, 0.4) is 0 Å². The van der Waals surface area contributed by atoms with Gasteiger partial charge in [-0.05, 0) is 78.8 Å². The first kappa shape index (κ1) is 42.3. The van der Waals surface area contributed by atoms with Crippen molar-refractivity contribution in [3.05, 3.63) is 87.3 Å². The molecule has 314 valence electrons. The Hall–Kier alpha value is -4.84. The molecule has 3 aromatic rings. The van der Waals surface area contributed by atoms with E-state index in [1.165, 1.54) is 5.56 Å². The monoisotopic (exact) mass is 823 g/mol. The van der Waals surface area contributed by atoms with Gasteiger partial charge in [0, 0.05) is 68.3 Å². The van der Waals surface area contributed by atoms with Crippen LogP contribution in [-0.2, 0) is 32.1 Å². The Balaban J connectivity index is 0.791. The first-order valence-electron chi connectivity index (χ1n) is 21.7. The second-order valence-electron chi connectivity index (χ2n) is 16.9. The van der Waals surface area contributed by atoms with Crippen molar-refractivity contribution in [2.45, 2.75) is 128 Å². The molecule has 2 saturated heterocycles. The Kier molecular flexibility index (Phi) is 14.0. The summed E-state index contributed by atoms with van der Waals surface area (Å²) in [4.78, 5) is 79.3. The summed E-state index contributed by atoms with van der Waals surface area (Å²) in [5.74, 6) is 0.549. The number of aryl methyl sites for hydroxylation is 1. The van der Waals surface area contributed by atoms with Gasteiger partial charge in [0.2, 0.25) is 23.6 Å². The van der Waals surface area contributed by atoms with Gasteiger partial charge in [-0.25, -0.2) is 9.97 Å². The van der Waals surface area contributed by atoms with Crippen molar-refractivity contribution >= 4 is 47.0 Å². The van der Waals surface area contributed by atoms with Crippen LogP contribution < -0.4 is 15.5 Å². The number of benzene rings is 2. The van der Waals surface area contributed by atoms with Crippen molar-refractivity contribution in [2.75, 3.05) is 37.6 Å². The summed E-state index contributed by atoms with van der Waals surface area (Å²) in [6.07, 6.45) is 13.1. The summed E-state index contributed by atoms with van der Waals surface area (Å²) < 4.78 is 0. The molecule has 5 amide bonds. The summed E-state index contributed by atoms with van der Waals surface area (Å²) in [5, 5.41) is 6.05. The summed E-state index contributed by atoms with van der Waals surface area (Å²) >= 11 is 6.20. The predicted octanol–water partition coefficient (Wildman–Crippen LogP) is 6.80. The molecule has 1 aromatic heterocycles. The number of rotatable bonds is 17. The van der Waals surface area contributed by atoms with Crippen molar-refractivity contribution in [3.63, 3.8) is 0 Å². The van der Waals surface area contributed by atoms with E-state index in [9.17, 15) is 24.0 Å². The van der Waals surface area contributed by atoms with E-state index < -0.39 is 12.0 Å². The fraction of sp³-hybridized carbons (Fsp3) is 0.543. The highest BCUT2D eigenvalue weighted by Crippen LogP contribution is 2.44. The number of hydrogen-bond donors (Lipinski definition) is 2. The molecule has 2 N–H and O–H groups in total. The Morgan fingerprint density at radius 1 is 0.881 bits per heavy atom. The highest BCUT2D eigenvalue weighted by molar-refractivity contribution is 6.30. The number of aromatic nitrogens is 2. The quantitative estimate of drug-likeness (QED) is 0.112. The fourth-order valence-electron chi connectivity index (χ4n) is 9.53. The van der Waals surface area contributed by atoms with E-state index in [1.807, 2.05) is 29.2 Å². The normalized spacial score (nSPS) is 20.7. The SMILES string of the molecule is C[C@@H]1C[C@@H](C)c2c1ncnc2N1CCN(C(=O)[C@H](CNC(=O)CCCCCCCCCCc2cccc3c2CN(C2CCC(=O)NC2=O)C3=O)c2ccc(Cl)cc2)CC1. The van der Waals surface area contributed by atoms with Crippen LogP contribution in [0.15, 0.2) is 48.8 Å². The molecule has 12 nitrogen and oxygen atoms in total. The Bertz CT molecular complexity index is 2020. The number of carbonyl (C=O) groups is 5. The van der Waals surface area contributed by atoms with E-state index in [2.05, 4.69) is 45.4 Å². The zero-order valence-electron chi connectivity index (χ0n) is 34.5. The van der Waals surface area contributed by atoms with Crippen molar-refractivity contribution in [1.29, 1.82) is 0 Å². The average Bonchev–Trinajstić information content (AvgIpc) is 3.73. The molecular formula is C46H58ClN7O5. The second-order valence-corrected chi connectivity index (χ2v) is 17.4. The number of nitrogens with one attached hydrogen (secondary N) is 2. The van der Waals surface area contributed by atoms with Crippen LogP contribution in [0.25, 0.3) is 0 Å². The predicted molar refractivity (Wildman–Crippen MR) is 227 cm³/mol. The van der Waals surface area contributed by atoms with Crippen molar-refractivity contribution in [3.8, 4) is 0 Å². The molecule has 0 bridgehead atoms. The van der Waals surface area contributed by atoms with Crippen LogP contribution in [0.1, 0.15) is 147 Å². The lowest BCUT2D eigenvalue weighted by molar-refractivity contribution is -0.137. The zero-order valence-corrected chi connectivity index (χ0v) is 35.3. The molecule has 4 heterocycles. The minimum atomic E-state index is -0.596. The number of imide groups is 1. The number of fused-ring (bicyclic) bond motifs is 2. The van der Waals surface area contributed by atoms with E-state index in [0.29, 0.717) is 68.0 Å². The van der Waals surface area contributed by atoms with Gasteiger partial charge in [-0.1, -0.05) is 88.2 Å². The minimum absolute atomic E-state index is 0.0152. The highest BCUT2D eigenvalue weighted by Gasteiger charge is 2.40. The molecule has 7 rings (SSSR count). The number of piperazine rings is 1. The third kappa shape index (κ3) is 9.97. The highest BCUT2D eigenvalue weighted by atomic mass is 35.5. The van der Waals surface area contributed by atoms with Crippen LogP contribution in [0, 0.1) is 0 Å². The van der Waals surface area contributed by atoms with Gasteiger partial charge in [0.1, 0.15) is 18.2 Å². The number of anilines is 1. The second kappa shape index (κ2) is 19.5. The molecular weight excluding hydrogens is 766 g/mol. The van der Waals surface area contributed by atoms with Gasteiger partial charge in [0.15, 0.2) is 0 Å². The van der Waals surface area contributed by atoms with E-state index >= 15 is 0 Å². The fourth-order valence-corrected chi connectivity index (χ4v) is 9.65. The van der Waals surface area contributed by atoms with Crippen LogP contribution in [-0.4, -0.2) is 88.1 Å². The molecule has 0 saturated carbocycles. The van der Waals surface area contributed by atoms with Crippen molar-refractivity contribution in [2.24, 2.45) is 0 Å². The molecule has 59 heavy (non-hydrogen) atoms. The van der Waals surface area contributed by atoms with E-state index in [1.54, 1.807) is 23.4 Å². The lowest BCUT2D eigenvalue weighted by atomic mass is 9.96. The van der Waals surface area contributed by atoms with Crippen LogP contribution >= 0.6 is 11.6 Å². The maximum Gasteiger partial charge on any atom is 0.255 e. The van der Waals surface area contributed by atoms with E-state index in [0.717, 1.165) is 92.4 Å². The number of amides is 5. The standard InChI is InChI=1S/C46H58ClN7O5/c1-30-26-31(2)42-41(30)43(50-29-49-42)52-22-24-53(25-23-52)45(58)36(33-16-18-34(47)19-17-33)27-48-39(55)15-10-8-6-4-3-5-7-9-12-32-13-11-14-35-37(32)28-54(46(35)59)38-20-21-40(56)51-44(38)57/h11,13-14,16-19,29-31,36,38H,3-10,12,15,20-28H2,1-2H3,(H,48,55)(H,51,56,57)/t30-,31-,36-,38?/m1/s1. The molecule has 0 radical (unpaired) electrons. The van der Waals surface area contributed by atoms with Crippen LogP contribution in [0.4, 0.5) is 5.82 Å². The molecule has 13 heteroatoms. The van der Waals surface area contributed by atoms with Crippen LogP contribution in [0.5, 0.6) is 0 Å². The van der Waals surface area contributed by atoms with E-state index in [-0.39, 0.29) is 42.5 Å². The molecule has 2 aromatic carbocycles. The number of halogens is 1. The van der Waals surface area contributed by atoms with Gasteiger partial charge >= 0.3 is 0 Å². The Morgan fingerprint density at radius 2 is 1.59 bits per heavy atom. The smallest absolute Gasteiger partial charge is 0.255 e. The maximum atomic E-state index is 14.0.